The number of amides is 2. The van der Waals surface area contributed by atoms with Crippen LogP contribution in [-0.4, -0.2) is 44.3 Å². The molecule has 0 saturated carbocycles. The van der Waals surface area contributed by atoms with Crippen molar-refractivity contribution in [3.05, 3.63) is 108 Å². The molecule has 4 aromatic rings. The minimum absolute atomic E-state index is 0.109. The van der Waals surface area contributed by atoms with Gasteiger partial charge in [-0.05, 0) is 48.4 Å². The number of sulfonamides is 1. The fourth-order valence-corrected chi connectivity index (χ4v) is 7.42. The number of nitrogens with one attached hydrogen (secondary N) is 1. The minimum Gasteiger partial charge on any atom is -0.354 e. The van der Waals surface area contributed by atoms with Gasteiger partial charge in [0.25, 0.3) is 10.0 Å². The Morgan fingerprint density at radius 3 is 2.30 bits per heavy atom. The summed E-state index contributed by atoms with van der Waals surface area (Å²) in [7, 11) is -3.71. The number of carbonyl (C=O) groups is 2. The molecule has 0 aliphatic carbocycles. The SMILES string of the molecule is CCCCNC(=O)[C@H](Cc1ccccc1)N(Cc1ccc(C)cc1)C(=O)CCCN1c2cccc3cccc(c23)S1(=O)=O. The Labute approximate surface area is 254 Å². The first-order valence-electron chi connectivity index (χ1n) is 15.0. The fraction of sp³-hybridized carbons (Fsp3) is 0.314. The largest absolute Gasteiger partial charge is 0.354 e. The highest BCUT2D eigenvalue weighted by Gasteiger charge is 2.36. The quantitative estimate of drug-likeness (QED) is 0.192. The highest BCUT2D eigenvalue weighted by Crippen LogP contribution is 2.42. The summed E-state index contributed by atoms with van der Waals surface area (Å²) in [6.45, 7) is 5.08. The molecule has 0 bridgehead atoms. The van der Waals surface area contributed by atoms with E-state index < -0.39 is 16.1 Å². The predicted molar refractivity (Wildman–Crippen MR) is 171 cm³/mol. The topological polar surface area (TPSA) is 86.8 Å². The molecule has 224 valence electrons. The number of hydrogen-bond donors (Lipinski definition) is 1. The van der Waals surface area contributed by atoms with Crippen LogP contribution in [0, 0.1) is 6.92 Å². The maximum absolute atomic E-state index is 14.0. The van der Waals surface area contributed by atoms with Crippen LogP contribution >= 0.6 is 0 Å². The molecule has 2 amide bonds. The number of anilines is 1. The van der Waals surface area contributed by atoms with Crippen molar-refractivity contribution in [2.75, 3.05) is 17.4 Å². The molecular weight excluding hydrogens is 558 g/mol. The normalized spacial score (nSPS) is 14.0. The van der Waals surface area contributed by atoms with Gasteiger partial charge < -0.3 is 10.2 Å². The van der Waals surface area contributed by atoms with Crippen LogP contribution < -0.4 is 9.62 Å². The number of hydrogen-bond acceptors (Lipinski definition) is 4. The number of aryl methyl sites for hydroxylation is 1. The Balaban J connectivity index is 1.38. The molecular formula is C35H39N3O4S. The summed E-state index contributed by atoms with van der Waals surface area (Å²) in [6, 6.07) is 27.9. The zero-order valence-electron chi connectivity index (χ0n) is 24.8. The summed E-state index contributed by atoms with van der Waals surface area (Å²) in [6.07, 6.45) is 2.62. The second-order valence-electron chi connectivity index (χ2n) is 11.2. The molecule has 43 heavy (non-hydrogen) atoms. The van der Waals surface area contributed by atoms with E-state index in [4.69, 9.17) is 0 Å². The van der Waals surface area contributed by atoms with Crippen LogP contribution in [0.1, 0.15) is 49.3 Å². The summed E-state index contributed by atoms with van der Waals surface area (Å²) in [5.74, 6) is -0.360. The standard InChI is InChI=1S/C35H39N3O4S/c1-3-4-22-36-35(40)31(24-27-11-6-5-7-12-27)37(25-28-20-18-26(2)19-21-28)33(39)17-10-23-38-30-15-8-13-29-14-9-16-32(34(29)30)43(38,41)42/h5-9,11-16,18-21,31H,3-4,10,17,22-25H2,1-2H3,(H,36,40)/t31-/m0/s1. The molecule has 1 atom stereocenters. The molecule has 1 heterocycles. The van der Waals surface area contributed by atoms with Crippen LogP contribution in [0.15, 0.2) is 95.9 Å². The van der Waals surface area contributed by atoms with Crippen molar-refractivity contribution in [1.82, 2.24) is 10.2 Å². The molecule has 8 heteroatoms. The third-order valence-electron chi connectivity index (χ3n) is 8.01. The molecule has 0 saturated heterocycles. The lowest BCUT2D eigenvalue weighted by Gasteiger charge is -2.32. The number of unbranched alkanes of at least 4 members (excludes halogenated alkanes) is 1. The molecule has 1 aliphatic heterocycles. The van der Waals surface area contributed by atoms with E-state index in [-0.39, 0.29) is 31.3 Å². The molecule has 1 N–H and O–H groups in total. The van der Waals surface area contributed by atoms with Crippen molar-refractivity contribution < 1.29 is 18.0 Å². The molecule has 0 radical (unpaired) electrons. The summed E-state index contributed by atoms with van der Waals surface area (Å²) >= 11 is 0. The van der Waals surface area contributed by atoms with Crippen molar-refractivity contribution in [2.45, 2.75) is 63.4 Å². The first kappa shape index (κ1) is 30.3. The molecule has 7 nitrogen and oxygen atoms in total. The van der Waals surface area contributed by atoms with Gasteiger partial charge in [-0.1, -0.05) is 97.8 Å². The number of benzene rings is 4. The number of rotatable bonds is 13. The molecule has 0 aromatic heterocycles. The van der Waals surface area contributed by atoms with Crippen molar-refractivity contribution >= 4 is 38.3 Å². The van der Waals surface area contributed by atoms with E-state index in [1.807, 2.05) is 85.8 Å². The van der Waals surface area contributed by atoms with Gasteiger partial charge in [0.2, 0.25) is 11.8 Å². The fourth-order valence-electron chi connectivity index (χ4n) is 5.67. The van der Waals surface area contributed by atoms with Crippen LogP contribution in [0.4, 0.5) is 5.69 Å². The van der Waals surface area contributed by atoms with E-state index in [2.05, 4.69) is 12.2 Å². The number of carbonyl (C=O) groups excluding carboxylic acids is 2. The summed E-state index contributed by atoms with van der Waals surface area (Å²) in [5, 5.41) is 4.65. The Bertz CT molecular complexity index is 1680. The van der Waals surface area contributed by atoms with Gasteiger partial charge in [-0.25, -0.2) is 8.42 Å². The number of nitrogens with zero attached hydrogens (tertiary/aromatic N) is 2. The van der Waals surface area contributed by atoms with Gasteiger partial charge in [-0.15, -0.1) is 0 Å². The van der Waals surface area contributed by atoms with Gasteiger partial charge in [0.05, 0.1) is 10.6 Å². The smallest absolute Gasteiger partial charge is 0.265 e. The van der Waals surface area contributed by atoms with Crippen LogP contribution in [0.3, 0.4) is 0 Å². The van der Waals surface area contributed by atoms with Crippen molar-refractivity contribution in [1.29, 1.82) is 0 Å². The van der Waals surface area contributed by atoms with Gasteiger partial charge in [-0.3, -0.25) is 13.9 Å². The van der Waals surface area contributed by atoms with Crippen molar-refractivity contribution in [2.24, 2.45) is 0 Å². The zero-order chi connectivity index (χ0) is 30.4. The van der Waals surface area contributed by atoms with Gasteiger partial charge in [-0.2, -0.15) is 0 Å². The van der Waals surface area contributed by atoms with Crippen LogP contribution in [-0.2, 0) is 32.6 Å². The maximum Gasteiger partial charge on any atom is 0.265 e. The first-order chi connectivity index (χ1) is 20.8. The third kappa shape index (κ3) is 6.75. The zero-order valence-corrected chi connectivity index (χ0v) is 25.6. The third-order valence-corrected chi connectivity index (χ3v) is 9.86. The first-order valence-corrected chi connectivity index (χ1v) is 16.4. The van der Waals surface area contributed by atoms with Crippen molar-refractivity contribution in [3.63, 3.8) is 0 Å². The van der Waals surface area contributed by atoms with E-state index in [1.54, 1.807) is 17.0 Å². The van der Waals surface area contributed by atoms with Gasteiger partial charge in [0.15, 0.2) is 0 Å². The summed E-state index contributed by atoms with van der Waals surface area (Å²) in [4.78, 5) is 29.6. The Kier molecular flexibility index (Phi) is 9.46. The van der Waals surface area contributed by atoms with Crippen LogP contribution in [0.5, 0.6) is 0 Å². The Morgan fingerprint density at radius 1 is 0.860 bits per heavy atom. The minimum atomic E-state index is -3.71. The van der Waals surface area contributed by atoms with Crippen LogP contribution in [0.2, 0.25) is 0 Å². The average Bonchev–Trinajstić information content (AvgIpc) is 3.23. The molecule has 1 aliphatic rings. The Morgan fingerprint density at radius 2 is 1.58 bits per heavy atom. The average molecular weight is 598 g/mol. The van der Waals surface area contributed by atoms with E-state index in [0.717, 1.165) is 40.3 Å². The van der Waals surface area contributed by atoms with E-state index in [9.17, 15) is 18.0 Å². The second-order valence-corrected chi connectivity index (χ2v) is 13.0. The molecule has 0 spiro atoms. The van der Waals surface area contributed by atoms with E-state index in [1.165, 1.54) is 4.31 Å². The van der Waals surface area contributed by atoms with E-state index >= 15 is 0 Å². The predicted octanol–water partition coefficient (Wildman–Crippen LogP) is 5.99. The van der Waals surface area contributed by atoms with Gasteiger partial charge >= 0.3 is 0 Å². The lowest BCUT2D eigenvalue weighted by atomic mass is 10.0. The highest BCUT2D eigenvalue weighted by molar-refractivity contribution is 7.93. The van der Waals surface area contributed by atoms with Gasteiger partial charge in [0, 0.05) is 37.9 Å². The maximum atomic E-state index is 14.0. The monoisotopic (exact) mass is 597 g/mol. The van der Waals surface area contributed by atoms with Crippen LogP contribution in [0.25, 0.3) is 10.8 Å². The lowest BCUT2D eigenvalue weighted by molar-refractivity contribution is -0.141. The molecule has 0 fully saturated rings. The lowest BCUT2D eigenvalue weighted by Crippen LogP contribution is -2.50. The molecule has 5 rings (SSSR count). The second kappa shape index (κ2) is 13.4. The summed E-state index contributed by atoms with van der Waals surface area (Å²) in [5.41, 5.74) is 3.66. The molecule has 0 unspecified atom stereocenters. The van der Waals surface area contributed by atoms with E-state index in [0.29, 0.717) is 30.0 Å². The Hall–Kier alpha value is -4.17. The van der Waals surface area contributed by atoms with Gasteiger partial charge in [0.1, 0.15) is 6.04 Å². The summed E-state index contributed by atoms with van der Waals surface area (Å²) < 4.78 is 28.3. The highest BCUT2D eigenvalue weighted by atomic mass is 32.2. The molecule has 4 aromatic carbocycles. The van der Waals surface area contributed by atoms with Crippen molar-refractivity contribution in [3.8, 4) is 0 Å².